The van der Waals surface area contributed by atoms with Crippen molar-refractivity contribution in [2.45, 2.75) is 30.1 Å². The fourth-order valence-electron chi connectivity index (χ4n) is 1.54. The van der Waals surface area contributed by atoms with Crippen LogP contribution in [0.1, 0.15) is 19.3 Å². The van der Waals surface area contributed by atoms with Crippen molar-refractivity contribution in [3.8, 4) is 0 Å². The minimum Gasteiger partial charge on any atom is -0.480 e. The molecular weight excluding hydrogens is 272 g/mol. The van der Waals surface area contributed by atoms with E-state index in [1.165, 1.54) is 0 Å². The third-order valence-electron chi connectivity index (χ3n) is 3.03. The van der Waals surface area contributed by atoms with Crippen LogP contribution < -0.4 is 10.6 Å². The molecule has 2 amide bonds. The molecule has 18 heavy (non-hydrogen) atoms. The molecule has 0 spiro atoms. The molecule has 0 aromatic heterocycles. The van der Waals surface area contributed by atoms with E-state index in [0.29, 0.717) is 18.7 Å². The summed E-state index contributed by atoms with van der Waals surface area (Å²) in [4.78, 5) is 22.6. The molecule has 7 heteroatoms. The number of urea groups is 1. The smallest absolute Gasteiger partial charge is 0.326 e. The lowest BCUT2D eigenvalue weighted by molar-refractivity contribution is -0.139. The highest BCUT2D eigenvalue weighted by Crippen LogP contribution is 2.46. The van der Waals surface area contributed by atoms with Crippen LogP contribution in [0.4, 0.5) is 4.79 Å². The molecule has 1 aliphatic carbocycles. The van der Waals surface area contributed by atoms with Gasteiger partial charge in [-0.2, -0.15) is 23.5 Å². The summed E-state index contributed by atoms with van der Waals surface area (Å²) in [7, 11) is 0. The van der Waals surface area contributed by atoms with Crippen molar-refractivity contribution in [3.63, 3.8) is 0 Å². The van der Waals surface area contributed by atoms with E-state index in [1.807, 2.05) is 12.5 Å². The molecule has 0 aromatic carbocycles. The first-order chi connectivity index (χ1) is 8.53. The van der Waals surface area contributed by atoms with Gasteiger partial charge < -0.3 is 15.7 Å². The summed E-state index contributed by atoms with van der Waals surface area (Å²) in [5.41, 5.74) is 0. The van der Waals surface area contributed by atoms with E-state index < -0.39 is 12.0 Å². The van der Waals surface area contributed by atoms with Crippen molar-refractivity contribution in [2.75, 3.05) is 24.8 Å². The van der Waals surface area contributed by atoms with Gasteiger partial charge in [0, 0.05) is 11.3 Å². The van der Waals surface area contributed by atoms with E-state index in [0.717, 1.165) is 12.8 Å². The second kappa shape index (κ2) is 7.13. The molecule has 0 aliphatic heterocycles. The maximum Gasteiger partial charge on any atom is 0.326 e. The number of rotatable bonds is 8. The summed E-state index contributed by atoms with van der Waals surface area (Å²) in [5, 5.41) is 14.2. The molecule has 104 valence electrons. The van der Waals surface area contributed by atoms with Crippen molar-refractivity contribution < 1.29 is 14.7 Å². The SMILES string of the molecule is CSCC[C@@H](NC(=O)NCC1(SC)CC1)C(=O)O. The lowest BCUT2D eigenvalue weighted by atomic mass is 10.2. The molecule has 0 aromatic rings. The van der Waals surface area contributed by atoms with Gasteiger partial charge in [0.05, 0.1) is 0 Å². The van der Waals surface area contributed by atoms with Gasteiger partial charge in [-0.15, -0.1) is 0 Å². The number of carbonyl (C=O) groups excluding carboxylic acids is 1. The van der Waals surface area contributed by atoms with Gasteiger partial charge in [-0.1, -0.05) is 0 Å². The van der Waals surface area contributed by atoms with Crippen molar-refractivity contribution >= 4 is 35.5 Å². The third-order valence-corrected chi connectivity index (χ3v) is 5.09. The Bertz CT molecular complexity index is 309. The van der Waals surface area contributed by atoms with Gasteiger partial charge in [-0.05, 0) is 37.5 Å². The normalized spacial score (nSPS) is 17.9. The minimum atomic E-state index is -0.981. The van der Waals surface area contributed by atoms with E-state index in [4.69, 9.17) is 5.11 Å². The van der Waals surface area contributed by atoms with Crippen molar-refractivity contribution in [3.05, 3.63) is 0 Å². The maximum atomic E-state index is 11.6. The highest BCUT2D eigenvalue weighted by Gasteiger charge is 2.42. The fraction of sp³-hybridized carbons (Fsp3) is 0.818. The number of hydrogen-bond donors (Lipinski definition) is 3. The van der Waals surface area contributed by atoms with Crippen LogP contribution in [-0.4, -0.2) is 52.7 Å². The molecule has 0 unspecified atom stereocenters. The molecule has 3 N–H and O–H groups in total. The predicted molar refractivity (Wildman–Crippen MR) is 76.4 cm³/mol. The molecule has 0 radical (unpaired) electrons. The highest BCUT2D eigenvalue weighted by molar-refractivity contribution is 8.00. The third kappa shape index (κ3) is 4.97. The largest absolute Gasteiger partial charge is 0.480 e. The number of hydrogen-bond acceptors (Lipinski definition) is 4. The van der Waals surface area contributed by atoms with Crippen LogP contribution >= 0.6 is 23.5 Å². The number of aliphatic carboxylic acids is 1. The predicted octanol–water partition coefficient (Wildman–Crippen LogP) is 1.39. The Morgan fingerprint density at radius 3 is 2.50 bits per heavy atom. The molecular formula is C11H20N2O3S2. The molecule has 1 fully saturated rings. The van der Waals surface area contributed by atoms with Gasteiger partial charge in [0.1, 0.15) is 6.04 Å². The summed E-state index contributed by atoms with van der Waals surface area (Å²) in [6.07, 6.45) is 6.61. The summed E-state index contributed by atoms with van der Waals surface area (Å²) in [6.45, 7) is 0.606. The van der Waals surface area contributed by atoms with E-state index in [9.17, 15) is 9.59 Å². The Balaban J connectivity index is 2.29. The number of carboxylic acid groups (broad SMARTS) is 1. The van der Waals surface area contributed by atoms with Gasteiger partial charge >= 0.3 is 12.0 Å². The van der Waals surface area contributed by atoms with Crippen LogP contribution in [-0.2, 0) is 4.79 Å². The summed E-state index contributed by atoms with van der Waals surface area (Å²) in [6, 6.07) is -1.19. The van der Waals surface area contributed by atoms with E-state index in [2.05, 4.69) is 10.6 Å². The second-order valence-electron chi connectivity index (χ2n) is 4.39. The van der Waals surface area contributed by atoms with Gasteiger partial charge in [-0.25, -0.2) is 9.59 Å². The second-order valence-corrected chi connectivity index (χ2v) is 6.65. The van der Waals surface area contributed by atoms with Crippen LogP contribution in [0.25, 0.3) is 0 Å². The van der Waals surface area contributed by atoms with Crippen LogP contribution in [0.15, 0.2) is 0 Å². The maximum absolute atomic E-state index is 11.6. The van der Waals surface area contributed by atoms with Crippen molar-refractivity contribution in [1.29, 1.82) is 0 Å². The zero-order valence-electron chi connectivity index (χ0n) is 10.7. The molecule has 1 saturated carbocycles. The van der Waals surface area contributed by atoms with Crippen LogP contribution in [0.2, 0.25) is 0 Å². The molecule has 1 aliphatic rings. The van der Waals surface area contributed by atoms with Gasteiger partial charge in [0.2, 0.25) is 0 Å². The van der Waals surface area contributed by atoms with Crippen molar-refractivity contribution in [1.82, 2.24) is 10.6 Å². The van der Waals surface area contributed by atoms with Gasteiger partial charge in [0.15, 0.2) is 0 Å². The Morgan fingerprint density at radius 1 is 1.39 bits per heavy atom. The monoisotopic (exact) mass is 292 g/mol. The molecule has 0 saturated heterocycles. The lowest BCUT2D eigenvalue weighted by Gasteiger charge is -2.17. The van der Waals surface area contributed by atoms with Gasteiger partial charge in [-0.3, -0.25) is 0 Å². The van der Waals surface area contributed by atoms with E-state index in [1.54, 1.807) is 23.5 Å². The van der Waals surface area contributed by atoms with Crippen LogP contribution in [0, 0.1) is 0 Å². The fourth-order valence-corrected chi connectivity index (χ4v) is 2.73. The summed E-state index contributed by atoms with van der Waals surface area (Å²) in [5.74, 6) is -0.267. The molecule has 0 bridgehead atoms. The van der Waals surface area contributed by atoms with Crippen molar-refractivity contribution in [2.24, 2.45) is 0 Å². The first kappa shape index (κ1) is 15.5. The molecule has 1 rings (SSSR count). The Morgan fingerprint density at radius 2 is 2.06 bits per heavy atom. The van der Waals surface area contributed by atoms with Gasteiger partial charge in [0.25, 0.3) is 0 Å². The summed E-state index contributed by atoms with van der Waals surface area (Å²) >= 11 is 3.32. The number of carboxylic acids is 1. The standard InChI is InChI=1S/C11H20N2O3S2/c1-17-6-3-8(9(14)15)13-10(16)12-7-11(18-2)4-5-11/h8H,3-7H2,1-2H3,(H,14,15)(H2,12,13,16)/t8-/m1/s1. The number of nitrogens with one attached hydrogen (secondary N) is 2. The number of carbonyl (C=O) groups is 2. The highest BCUT2D eigenvalue weighted by atomic mass is 32.2. The Hall–Kier alpha value is -0.560. The minimum absolute atomic E-state index is 0.190. The summed E-state index contributed by atoms with van der Waals surface area (Å²) < 4.78 is 0.190. The quantitative estimate of drug-likeness (QED) is 0.630. The number of amides is 2. The average Bonchev–Trinajstić information content (AvgIpc) is 3.12. The zero-order chi connectivity index (χ0) is 13.6. The first-order valence-corrected chi connectivity index (χ1v) is 8.46. The Kier molecular flexibility index (Phi) is 6.14. The average molecular weight is 292 g/mol. The lowest BCUT2D eigenvalue weighted by Crippen LogP contribution is -2.47. The van der Waals surface area contributed by atoms with Crippen LogP contribution in [0.3, 0.4) is 0 Å². The first-order valence-electron chi connectivity index (χ1n) is 5.84. The van der Waals surface area contributed by atoms with E-state index in [-0.39, 0.29) is 10.8 Å². The zero-order valence-corrected chi connectivity index (χ0v) is 12.3. The topological polar surface area (TPSA) is 78.4 Å². The molecule has 5 nitrogen and oxygen atoms in total. The van der Waals surface area contributed by atoms with E-state index >= 15 is 0 Å². The number of thioether (sulfide) groups is 2. The molecule has 1 atom stereocenters. The molecule has 0 heterocycles. The van der Waals surface area contributed by atoms with Crippen LogP contribution in [0.5, 0.6) is 0 Å². The Labute approximate surface area is 116 Å².